The van der Waals surface area contributed by atoms with Crippen LogP contribution < -0.4 is 21.2 Å². The Labute approximate surface area is 309 Å². The van der Waals surface area contributed by atoms with Crippen LogP contribution in [0.2, 0.25) is 0 Å². The Morgan fingerprint density at radius 3 is 0.812 bits per heavy atom. The number of hydrogen-bond acceptors (Lipinski definition) is 1. The van der Waals surface area contributed by atoms with Crippen molar-refractivity contribution in [2.45, 2.75) is 0 Å². The first-order valence-electron chi connectivity index (χ1n) is 15.4. The molecule has 0 radical (unpaired) electrons. The molecule has 0 saturated carbocycles. The summed E-state index contributed by atoms with van der Waals surface area (Å²) in [5.74, 6) is 0. The molecule has 4 heteroatoms. The Hall–Kier alpha value is -3.77. The molecule has 0 nitrogen and oxygen atoms in total. The van der Waals surface area contributed by atoms with Crippen molar-refractivity contribution in [1.29, 1.82) is 0 Å². The first-order chi connectivity index (χ1) is 23.1. The Morgan fingerprint density at radius 2 is 0.604 bits per heavy atom. The van der Waals surface area contributed by atoms with Crippen molar-refractivity contribution in [3.05, 3.63) is 231 Å². The van der Waals surface area contributed by atoms with E-state index in [-0.39, 0.29) is 22.4 Å². The summed E-state index contributed by atoms with van der Waals surface area (Å²) in [5.41, 5.74) is 2.56. The quantitative estimate of drug-likeness (QED) is 0.0945. The fourth-order valence-corrected chi connectivity index (χ4v) is 15.3. The third kappa shape index (κ3) is 12.4. The van der Waals surface area contributed by atoms with Gasteiger partial charge in [0.05, 0.1) is 0 Å². The van der Waals surface area contributed by atoms with Gasteiger partial charge in [0.25, 0.3) is 0 Å². The molecule has 0 aliphatic rings. The minimum atomic E-state index is -2.12. The summed E-state index contributed by atoms with van der Waals surface area (Å²) in [7, 11) is 0. The summed E-state index contributed by atoms with van der Waals surface area (Å²) in [6.45, 7) is 0.601. The topological polar surface area (TPSA) is 0 Å². The van der Waals surface area contributed by atoms with Gasteiger partial charge in [-0.05, 0) is 33.4 Å². The van der Waals surface area contributed by atoms with Gasteiger partial charge in [-0.25, -0.2) is 0 Å². The van der Waals surface area contributed by atoms with E-state index in [9.17, 15) is 0 Å². The molecular weight excluding hydrogens is 819 g/mol. The van der Waals surface area contributed by atoms with Gasteiger partial charge in [-0.1, -0.05) is 140 Å². The van der Waals surface area contributed by atoms with Crippen molar-refractivity contribution in [1.82, 2.24) is 0 Å². The van der Waals surface area contributed by atoms with E-state index in [1.807, 2.05) is 91.0 Å². The number of rotatable bonds is 5. The van der Waals surface area contributed by atoms with Crippen LogP contribution in [-0.2, 0) is 34.2 Å². The van der Waals surface area contributed by atoms with Crippen molar-refractivity contribution in [3.63, 3.8) is 0 Å². The standard InChI is InChI=1S/C26H24P2S.3C6H5.Au/c1-27(23-14-6-2-7-15-23,24-16-8-3-9-17-24)22-28(29,25-18-10-4-11-19-25)26-20-12-5-13-21-26;3*1-2-4-6-5-3-1;/h2-22H,1H3;3*1-5H;/q;3*-1;+3. The Morgan fingerprint density at radius 1 is 0.375 bits per heavy atom. The van der Waals surface area contributed by atoms with Crippen LogP contribution in [0, 0.1) is 18.2 Å². The Bertz CT molecular complexity index is 1640. The van der Waals surface area contributed by atoms with Crippen LogP contribution in [0.1, 0.15) is 0 Å². The van der Waals surface area contributed by atoms with Crippen molar-refractivity contribution in [3.8, 4) is 0 Å². The molecule has 0 aliphatic carbocycles. The molecule has 7 rings (SSSR count). The molecule has 0 unspecified atom stereocenters. The summed E-state index contributed by atoms with van der Waals surface area (Å²) in [4.78, 5) is 0. The van der Waals surface area contributed by atoms with E-state index >= 15 is 0 Å². The molecule has 0 fully saturated rings. The average Bonchev–Trinajstić information content (AvgIpc) is 3.19. The predicted molar refractivity (Wildman–Crippen MR) is 213 cm³/mol. The molecule has 0 heterocycles. The van der Waals surface area contributed by atoms with Crippen LogP contribution in [0.15, 0.2) is 212 Å². The van der Waals surface area contributed by atoms with Crippen LogP contribution in [0.4, 0.5) is 0 Å². The van der Waals surface area contributed by atoms with Gasteiger partial charge in [0.15, 0.2) is 0 Å². The van der Waals surface area contributed by atoms with Gasteiger partial charge in [0.2, 0.25) is 0 Å². The Kier molecular flexibility index (Phi) is 17.7. The van der Waals surface area contributed by atoms with Gasteiger partial charge in [0, 0.05) is 6.04 Å². The van der Waals surface area contributed by atoms with Gasteiger partial charge < -0.3 is 0 Å². The van der Waals surface area contributed by atoms with E-state index in [1.54, 1.807) is 0 Å². The maximum absolute atomic E-state index is 6.57. The summed E-state index contributed by atoms with van der Waals surface area (Å²) in [6, 6.07) is 78.5. The maximum atomic E-state index is 6.57. The van der Waals surface area contributed by atoms with Gasteiger partial charge in [-0.2, -0.15) is 109 Å². The molecule has 0 spiro atoms. The largest absolute Gasteiger partial charge is 3.00 e. The second-order valence-corrected chi connectivity index (χ2v) is 18.6. The van der Waals surface area contributed by atoms with E-state index in [0.717, 1.165) is 0 Å². The van der Waals surface area contributed by atoms with Crippen LogP contribution in [-0.4, -0.2) is 12.2 Å². The molecule has 0 saturated heterocycles. The Balaban J connectivity index is 0.000000264. The monoisotopic (exact) mass is 858 g/mol. The SMILES string of the molecule is CP(=CP(=S)(c1ccccc1)c1ccccc1)(c1ccccc1)c1ccccc1.[Au+3].[c-]1ccccc1.[c-]1ccccc1.[c-]1ccccc1. The molecule has 48 heavy (non-hydrogen) atoms. The van der Waals surface area contributed by atoms with Crippen molar-refractivity contribution in [2.75, 3.05) is 6.66 Å². The summed E-state index contributed by atoms with van der Waals surface area (Å²) in [5, 5.41) is 5.23. The second-order valence-electron chi connectivity index (χ2n) is 10.4. The van der Waals surface area contributed by atoms with Gasteiger partial charge >= 0.3 is 22.4 Å². The van der Waals surface area contributed by atoms with Crippen molar-refractivity contribution in [2.24, 2.45) is 0 Å². The predicted octanol–water partition coefficient (Wildman–Crippen LogP) is 9.63. The molecular formula is C44H39AuP2S. The fourth-order valence-electron chi connectivity index (χ4n) is 4.69. The second kappa shape index (κ2) is 22.0. The zero-order chi connectivity index (χ0) is 32.9. The minimum absolute atomic E-state index is 0. The van der Waals surface area contributed by atoms with Gasteiger partial charge in [-0.15, -0.1) is 0 Å². The molecule has 242 valence electrons. The molecule has 0 N–H and O–H groups in total. The zero-order valence-electron chi connectivity index (χ0n) is 26.9. The van der Waals surface area contributed by atoms with Crippen LogP contribution in [0.3, 0.4) is 0 Å². The van der Waals surface area contributed by atoms with Crippen molar-refractivity contribution >= 4 is 51.5 Å². The molecule has 0 aromatic heterocycles. The third-order valence-electron chi connectivity index (χ3n) is 7.08. The summed E-state index contributed by atoms with van der Waals surface area (Å²) in [6.07, 6.45) is 0. The first kappa shape index (κ1) is 38.7. The molecule has 0 atom stereocenters. The molecule has 0 bridgehead atoms. The van der Waals surface area contributed by atoms with E-state index in [4.69, 9.17) is 11.8 Å². The van der Waals surface area contributed by atoms with Gasteiger partial charge in [-0.3, -0.25) is 0 Å². The fraction of sp³-hybridized carbons (Fsp3) is 0.0227. The van der Waals surface area contributed by atoms with E-state index in [0.29, 0.717) is 0 Å². The minimum Gasteiger partial charge on any atom is -0.184 e. The number of hydrogen-bond donors (Lipinski definition) is 0. The van der Waals surface area contributed by atoms with Crippen molar-refractivity contribution < 1.29 is 22.4 Å². The van der Waals surface area contributed by atoms with Crippen LogP contribution >= 0.6 is 12.9 Å². The van der Waals surface area contributed by atoms with Crippen LogP contribution in [0.5, 0.6) is 0 Å². The molecule has 7 aromatic rings. The molecule has 0 aliphatic heterocycles. The van der Waals surface area contributed by atoms with E-state index < -0.39 is 12.9 Å². The average molecular weight is 859 g/mol. The van der Waals surface area contributed by atoms with Crippen LogP contribution in [0.25, 0.3) is 0 Å². The van der Waals surface area contributed by atoms with Gasteiger partial charge in [0.1, 0.15) is 0 Å². The molecule has 0 amide bonds. The molecule has 7 aromatic carbocycles. The van der Waals surface area contributed by atoms with E-state index in [1.165, 1.54) is 21.2 Å². The summed E-state index contributed by atoms with van der Waals surface area (Å²) >= 11 is 6.57. The normalized spacial score (nSPS) is 10.1. The van der Waals surface area contributed by atoms with E-state index in [2.05, 4.69) is 152 Å². The first-order valence-corrected chi connectivity index (χ1v) is 20.6. The summed E-state index contributed by atoms with van der Waals surface area (Å²) < 4.78 is 0. The smallest absolute Gasteiger partial charge is 0.184 e. The third-order valence-corrected chi connectivity index (χ3v) is 17.2. The zero-order valence-corrected chi connectivity index (χ0v) is 31.7. The maximum Gasteiger partial charge on any atom is 3.00 e. The number of benzene rings is 7.